The number of hydrogen-bond donors (Lipinski definition) is 1. The van der Waals surface area contributed by atoms with Gasteiger partial charge >= 0.3 is 0 Å². The maximum Gasteiger partial charge on any atom is 0.126 e. The molecule has 0 amide bonds. The van der Waals surface area contributed by atoms with Crippen molar-refractivity contribution in [3.05, 3.63) is 35.6 Å². The van der Waals surface area contributed by atoms with Crippen molar-refractivity contribution in [3.63, 3.8) is 0 Å². The maximum absolute atomic E-state index is 12.9. The minimum atomic E-state index is -0.177. The van der Waals surface area contributed by atoms with E-state index in [2.05, 4.69) is 0 Å². The van der Waals surface area contributed by atoms with Gasteiger partial charge in [0.2, 0.25) is 0 Å². The van der Waals surface area contributed by atoms with Gasteiger partial charge in [-0.1, -0.05) is 18.2 Å². The molecule has 0 aliphatic rings. The highest BCUT2D eigenvalue weighted by Gasteiger charge is 1.98. The van der Waals surface area contributed by atoms with Gasteiger partial charge in [0.1, 0.15) is 12.1 Å². The summed E-state index contributed by atoms with van der Waals surface area (Å²) in [5.41, 5.74) is 0.694. The molecule has 0 bridgehead atoms. The van der Waals surface area contributed by atoms with Crippen LogP contribution in [0.3, 0.4) is 0 Å². The standard InChI is InChI=1S/C10H11FO.CH4O/c11-10-7-2-1-5-9(10)6-3-4-8-12;1-2/h1-2,5,7-8H,3-4,6H2;2H,1H3. The summed E-state index contributed by atoms with van der Waals surface area (Å²) in [5.74, 6) is -0.177. The molecule has 0 unspecified atom stereocenters. The highest BCUT2D eigenvalue weighted by atomic mass is 19.1. The third-order valence-corrected chi connectivity index (χ3v) is 1.73. The molecule has 0 saturated heterocycles. The first-order valence-corrected chi connectivity index (χ1v) is 4.46. The van der Waals surface area contributed by atoms with Crippen molar-refractivity contribution in [2.45, 2.75) is 19.3 Å². The number of aryl methyl sites for hydroxylation is 1. The number of rotatable bonds is 4. The lowest BCUT2D eigenvalue weighted by Gasteiger charge is -1.99. The molecule has 1 aromatic rings. The van der Waals surface area contributed by atoms with Crippen LogP contribution in [0.2, 0.25) is 0 Å². The fraction of sp³-hybridized carbons (Fsp3) is 0.364. The summed E-state index contributed by atoms with van der Waals surface area (Å²) in [7, 11) is 1.00. The van der Waals surface area contributed by atoms with Gasteiger partial charge in [-0.05, 0) is 24.5 Å². The third-order valence-electron chi connectivity index (χ3n) is 1.73. The molecule has 0 aliphatic heterocycles. The van der Waals surface area contributed by atoms with Crippen LogP contribution in [0.4, 0.5) is 4.39 Å². The van der Waals surface area contributed by atoms with Crippen LogP contribution in [0.25, 0.3) is 0 Å². The van der Waals surface area contributed by atoms with Crippen LogP contribution in [0.15, 0.2) is 24.3 Å². The van der Waals surface area contributed by atoms with E-state index in [0.29, 0.717) is 18.4 Å². The lowest BCUT2D eigenvalue weighted by atomic mass is 10.1. The number of aldehydes is 1. The van der Waals surface area contributed by atoms with Crippen molar-refractivity contribution in [3.8, 4) is 0 Å². The van der Waals surface area contributed by atoms with Crippen molar-refractivity contribution in [2.24, 2.45) is 0 Å². The summed E-state index contributed by atoms with van der Waals surface area (Å²) in [6.45, 7) is 0. The number of carbonyl (C=O) groups excluding carboxylic acids is 1. The third kappa shape index (κ3) is 4.72. The number of halogens is 1. The first kappa shape index (κ1) is 12.8. The number of carbonyl (C=O) groups is 1. The van der Waals surface area contributed by atoms with E-state index >= 15 is 0 Å². The van der Waals surface area contributed by atoms with Crippen molar-refractivity contribution in [2.75, 3.05) is 7.11 Å². The largest absolute Gasteiger partial charge is 0.400 e. The zero-order valence-electron chi connectivity index (χ0n) is 8.24. The van der Waals surface area contributed by atoms with Crippen molar-refractivity contribution >= 4 is 6.29 Å². The van der Waals surface area contributed by atoms with E-state index in [9.17, 15) is 9.18 Å². The monoisotopic (exact) mass is 198 g/mol. The van der Waals surface area contributed by atoms with Gasteiger partial charge in [0.25, 0.3) is 0 Å². The van der Waals surface area contributed by atoms with E-state index in [0.717, 1.165) is 19.8 Å². The second-order valence-electron chi connectivity index (χ2n) is 2.65. The molecule has 0 spiro atoms. The summed E-state index contributed by atoms with van der Waals surface area (Å²) >= 11 is 0. The number of aliphatic hydroxyl groups is 1. The Balaban J connectivity index is 0.000000791. The zero-order chi connectivity index (χ0) is 10.8. The Bertz CT molecular complexity index is 261. The predicted octanol–water partition coefficient (Wildman–Crippen LogP) is 1.96. The van der Waals surface area contributed by atoms with Gasteiger partial charge in [-0.3, -0.25) is 0 Å². The normalized spacial score (nSPS) is 8.79. The SMILES string of the molecule is CO.O=CCCCc1ccccc1F. The van der Waals surface area contributed by atoms with E-state index in [1.165, 1.54) is 6.07 Å². The molecule has 78 valence electrons. The fourth-order valence-corrected chi connectivity index (χ4v) is 1.08. The molecule has 1 rings (SSSR count). The number of unbranched alkanes of at least 4 members (excludes halogenated alkanes) is 1. The van der Waals surface area contributed by atoms with Crippen molar-refractivity contribution in [1.29, 1.82) is 0 Å². The Labute approximate surface area is 83.4 Å². The van der Waals surface area contributed by atoms with Gasteiger partial charge in [-0.25, -0.2) is 4.39 Å². The average molecular weight is 198 g/mol. The molecule has 14 heavy (non-hydrogen) atoms. The summed E-state index contributed by atoms with van der Waals surface area (Å²) in [5, 5.41) is 7.00. The predicted molar refractivity (Wildman–Crippen MR) is 53.5 cm³/mol. The number of hydrogen-bond acceptors (Lipinski definition) is 2. The van der Waals surface area contributed by atoms with Gasteiger partial charge in [0, 0.05) is 13.5 Å². The van der Waals surface area contributed by atoms with Crippen LogP contribution in [-0.2, 0) is 11.2 Å². The minimum Gasteiger partial charge on any atom is -0.400 e. The van der Waals surface area contributed by atoms with Gasteiger partial charge < -0.3 is 9.90 Å². The van der Waals surface area contributed by atoms with Crippen LogP contribution in [-0.4, -0.2) is 18.5 Å². The molecule has 0 radical (unpaired) electrons. The van der Waals surface area contributed by atoms with Gasteiger partial charge in [-0.15, -0.1) is 0 Å². The molecule has 3 heteroatoms. The van der Waals surface area contributed by atoms with Gasteiger partial charge in [0.15, 0.2) is 0 Å². The molecule has 0 heterocycles. The van der Waals surface area contributed by atoms with Crippen LogP contribution < -0.4 is 0 Å². The molecular weight excluding hydrogens is 183 g/mol. The molecule has 0 aromatic heterocycles. The summed E-state index contributed by atoms with van der Waals surface area (Å²) in [6.07, 6.45) is 2.74. The van der Waals surface area contributed by atoms with Crippen LogP contribution in [0.5, 0.6) is 0 Å². The van der Waals surface area contributed by atoms with Crippen LogP contribution >= 0.6 is 0 Å². The Kier molecular flexibility index (Phi) is 7.65. The summed E-state index contributed by atoms with van der Waals surface area (Å²) in [4.78, 5) is 9.99. The van der Waals surface area contributed by atoms with Gasteiger partial charge in [-0.2, -0.15) is 0 Å². The molecule has 2 nitrogen and oxygen atoms in total. The molecule has 1 N–H and O–H groups in total. The van der Waals surface area contributed by atoms with E-state index in [1.54, 1.807) is 18.2 Å². The first-order chi connectivity index (χ1) is 6.84. The first-order valence-electron chi connectivity index (χ1n) is 4.46. The second kappa shape index (κ2) is 8.38. The van der Waals surface area contributed by atoms with E-state index in [4.69, 9.17) is 5.11 Å². The summed E-state index contributed by atoms with van der Waals surface area (Å²) in [6, 6.07) is 6.66. The smallest absolute Gasteiger partial charge is 0.126 e. The van der Waals surface area contributed by atoms with Crippen molar-refractivity contribution in [1.82, 2.24) is 0 Å². The highest BCUT2D eigenvalue weighted by molar-refractivity contribution is 5.49. The van der Waals surface area contributed by atoms with Crippen LogP contribution in [0, 0.1) is 5.82 Å². The molecule has 0 atom stereocenters. The average Bonchev–Trinajstić information content (AvgIpc) is 2.24. The quantitative estimate of drug-likeness (QED) is 0.593. The molecule has 0 saturated carbocycles. The van der Waals surface area contributed by atoms with E-state index < -0.39 is 0 Å². The highest BCUT2D eigenvalue weighted by Crippen LogP contribution is 2.09. The lowest BCUT2D eigenvalue weighted by Crippen LogP contribution is -1.90. The fourth-order valence-electron chi connectivity index (χ4n) is 1.08. The lowest BCUT2D eigenvalue weighted by molar-refractivity contribution is -0.107. The van der Waals surface area contributed by atoms with E-state index in [-0.39, 0.29) is 5.82 Å². The Morgan fingerprint density at radius 2 is 2.00 bits per heavy atom. The topological polar surface area (TPSA) is 37.3 Å². The second-order valence-corrected chi connectivity index (χ2v) is 2.65. The maximum atomic E-state index is 12.9. The molecule has 0 aliphatic carbocycles. The Morgan fingerprint density at radius 1 is 1.36 bits per heavy atom. The number of benzene rings is 1. The Hall–Kier alpha value is -1.22. The van der Waals surface area contributed by atoms with Crippen molar-refractivity contribution < 1.29 is 14.3 Å². The van der Waals surface area contributed by atoms with Crippen LogP contribution in [0.1, 0.15) is 18.4 Å². The Morgan fingerprint density at radius 3 is 2.57 bits per heavy atom. The summed E-state index contributed by atoms with van der Waals surface area (Å²) < 4.78 is 12.9. The molecule has 0 fully saturated rings. The number of aliphatic hydroxyl groups excluding tert-OH is 1. The molecule has 1 aromatic carbocycles. The molecular formula is C11H15FO2. The van der Waals surface area contributed by atoms with E-state index in [1.807, 2.05) is 0 Å². The zero-order valence-corrected chi connectivity index (χ0v) is 8.24. The minimum absolute atomic E-state index is 0.177. The van der Waals surface area contributed by atoms with Gasteiger partial charge in [0.05, 0.1) is 0 Å².